The molecule has 3 nitrogen and oxygen atoms in total. The van der Waals surface area contributed by atoms with Gasteiger partial charge >= 0.3 is 0 Å². The lowest BCUT2D eigenvalue weighted by Crippen LogP contribution is -2.29. The molecule has 0 aliphatic heterocycles. The Kier molecular flexibility index (Phi) is 6.19. The van der Waals surface area contributed by atoms with Crippen LogP contribution < -0.4 is 5.32 Å². The van der Waals surface area contributed by atoms with E-state index in [1.54, 1.807) is 14.2 Å². The van der Waals surface area contributed by atoms with Crippen molar-refractivity contribution in [1.29, 1.82) is 0 Å². The van der Waals surface area contributed by atoms with Crippen LogP contribution in [0.15, 0.2) is 0 Å². The van der Waals surface area contributed by atoms with Crippen molar-refractivity contribution in [3.63, 3.8) is 0 Å². The second kappa shape index (κ2) is 6.56. The lowest BCUT2D eigenvalue weighted by molar-refractivity contribution is -0.0982. The van der Waals surface area contributed by atoms with Gasteiger partial charge in [0.1, 0.15) is 0 Å². The summed E-state index contributed by atoms with van der Waals surface area (Å²) in [7, 11) is 3.18. The topological polar surface area (TPSA) is 30.5 Å². The first kappa shape index (κ1) is 9.44. The van der Waals surface area contributed by atoms with Gasteiger partial charge in [0.2, 0.25) is 0 Å². The summed E-state index contributed by atoms with van der Waals surface area (Å²) in [6.07, 6.45) is 4.80. The van der Waals surface area contributed by atoms with Crippen molar-refractivity contribution >= 4 is 0 Å². The fourth-order valence-corrected chi connectivity index (χ4v) is 0.525. The summed E-state index contributed by atoms with van der Waals surface area (Å²) in [5.41, 5.74) is 0. The Balaban J connectivity index is 3.19. The van der Waals surface area contributed by atoms with E-state index < -0.39 is 0 Å². The van der Waals surface area contributed by atoms with Gasteiger partial charge in [-0.05, 0) is 0 Å². The minimum absolute atomic E-state index is 0.201. The zero-order valence-corrected chi connectivity index (χ0v) is 6.39. The average Bonchev–Trinajstić information content (AvgIpc) is 1.99. The monoisotopic (exact) mass is 143 g/mol. The van der Waals surface area contributed by atoms with Crippen molar-refractivity contribution in [2.45, 2.75) is 6.29 Å². The van der Waals surface area contributed by atoms with Crippen LogP contribution in [0.25, 0.3) is 0 Å². The Labute approximate surface area is 61.7 Å². The number of nitrogens with one attached hydrogen (secondary N) is 1. The van der Waals surface area contributed by atoms with E-state index in [9.17, 15) is 0 Å². The minimum atomic E-state index is -0.201. The largest absolute Gasteiger partial charge is 0.355 e. The predicted octanol–water partition coefficient (Wildman–Crippen LogP) is -0.172. The van der Waals surface area contributed by atoms with Crippen LogP contribution in [0.3, 0.4) is 0 Å². The first-order valence-electron chi connectivity index (χ1n) is 3.05. The van der Waals surface area contributed by atoms with Gasteiger partial charge in [0.25, 0.3) is 0 Å². The van der Waals surface area contributed by atoms with Crippen LogP contribution in [0.4, 0.5) is 0 Å². The molecule has 0 aliphatic carbocycles. The molecule has 0 rings (SSSR count). The summed E-state index contributed by atoms with van der Waals surface area (Å²) in [5.74, 6) is 2.45. The highest BCUT2D eigenvalue weighted by molar-refractivity contribution is 4.86. The molecule has 0 amide bonds. The number of ether oxygens (including phenoxy) is 2. The zero-order chi connectivity index (χ0) is 7.82. The molecule has 58 valence electrons. The number of hydrogen-bond donors (Lipinski definition) is 1. The van der Waals surface area contributed by atoms with Crippen molar-refractivity contribution in [3.05, 3.63) is 0 Å². The number of methoxy groups -OCH3 is 2. The first-order chi connectivity index (χ1) is 4.85. The molecule has 0 spiro atoms. The van der Waals surface area contributed by atoms with Crippen molar-refractivity contribution in [2.75, 3.05) is 27.3 Å². The van der Waals surface area contributed by atoms with Gasteiger partial charge in [-0.1, -0.05) is 5.92 Å². The summed E-state index contributed by atoms with van der Waals surface area (Å²) in [6.45, 7) is 1.17. The van der Waals surface area contributed by atoms with Crippen LogP contribution in [0.2, 0.25) is 0 Å². The third-order valence-electron chi connectivity index (χ3n) is 1.06. The fraction of sp³-hybridized carbons (Fsp3) is 0.714. The molecule has 0 aromatic carbocycles. The smallest absolute Gasteiger partial charge is 0.169 e. The molecule has 0 saturated carbocycles. The molecule has 10 heavy (non-hydrogen) atoms. The number of terminal acetylenes is 1. The van der Waals surface area contributed by atoms with Crippen molar-refractivity contribution < 1.29 is 9.47 Å². The molecule has 0 radical (unpaired) electrons. The SMILES string of the molecule is C#CCNCC(OC)OC. The maximum atomic E-state index is 5.00. The Hall–Kier alpha value is -0.560. The molecule has 0 aliphatic rings. The summed E-state index contributed by atoms with van der Waals surface area (Å²) in [6, 6.07) is 0. The van der Waals surface area contributed by atoms with Crippen LogP contribution in [-0.2, 0) is 9.47 Å². The molecular weight excluding hydrogens is 130 g/mol. The van der Waals surface area contributed by atoms with E-state index in [0.717, 1.165) is 0 Å². The highest BCUT2D eigenvalue weighted by atomic mass is 16.7. The van der Waals surface area contributed by atoms with E-state index in [4.69, 9.17) is 15.9 Å². The highest BCUT2D eigenvalue weighted by Crippen LogP contribution is 1.85. The Morgan fingerprint density at radius 1 is 1.50 bits per heavy atom. The van der Waals surface area contributed by atoms with Gasteiger partial charge in [0.15, 0.2) is 6.29 Å². The molecule has 0 heterocycles. The normalized spacial score (nSPS) is 9.80. The molecule has 0 aromatic heterocycles. The van der Waals surface area contributed by atoms with Gasteiger partial charge < -0.3 is 14.8 Å². The van der Waals surface area contributed by atoms with Crippen LogP contribution in [0.5, 0.6) is 0 Å². The van der Waals surface area contributed by atoms with E-state index in [2.05, 4.69) is 11.2 Å². The fourth-order valence-electron chi connectivity index (χ4n) is 0.525. The van der Waals surface area contributed by atoms with Crippen molar-refractivity contribution in [1.82, 2.24) is 5.32 Å². The lowest BCUT2D eigenvalue weighted by Gasteiger charge is -2.12. The number of rotatable bonds is 5. The van der Waals surface area contributed by atoms with Crippen molar-refractivity contribution in [2.24, 2.45) is 0 Å². The molecule has 1 N–H and O–H groups in total. The summed E-state index contributed by atoms with van der Waals surface area (Å²) in [4.78, 5) is 0. The summed E-state index contributed by atoms with van der Waals surface area (Å²) in [5, 5.41) is 2.95. The van der Waals surface area contributed by atoms with Gasteiger partial charge in [-0.3, -0.25) is 0 Å². The van der Waals surface area contributed by atoms with Crippen LogP contribution in [0.1, 0.15) is 0 Å². The molecule has 0 aromatic rings. The quantitative estimate of drug-likeness (QED) is 0.329. The molecule has 0 saturated heterocycles. The van der Waals surface area contributed by atoms with Crippen LogP contribution in [0, 0.1) is 12.3 Å². The summed E-state index contributed by atoms with van der Waals surface area (Å²) < 4.78 is 9.79. The Bertz CT molecular complexity index is 105. The lowest BCUT2D eigenvalue weighted by atomic mass is 10.5. The second-order valence-electron chi connectivity index (χ2n) is 1.74. The van der Waals surface area contributed by atoms with Crippen LogP contribution in [-0.4, -0.2) is 33.6 Å². The molecule has 0 unspecified atom stereocenters. The molecular formula is C7H13NO2. The van der Waals surface area contributed by atoms with E-state index in [0.29, 0.717) is 13.1 Å². The van der Waals surface area contributed by atoms with E-state index in [1.807, 2.05) is 0 Å². The van der Waals surface area contributed by atoms with E-state index >= 15 is 0 Å². The summed E-state index contributed by atoms with van der Waals surface area (Å²) >= 11 is 0. The molecule has 0 bridgehead atoms. The van der Waals surface area contributed by atoms with Gasteiger partial charge in [0, 0.05) is 20.8 Å². The van der Waals surface area contributed by atoms with E-state index in [1.165, 1.54) is 0 Å². The Morgan fingerprint density at radius 2 is 2.10 bits per heavy atom. The Morgan fingerprint density at radius 3 is 2.50 bits per heavy atom. The van der Waals surface area contributed by atoms with Gasteiger partial charge in [-0.25, -0.2) is 0 Å². The molecule has 0 fully saturated rings. The third kappa shape index (κ3) is 4.33. The highest BCUT2D eigenvalue weighted by Gasteiger charge is 2.01. The number of hydrogen-bond acceptors (Lipinski definition) is 3. The van der Waals surface area contributed by atoms with Crippen LogP contribution >= 0.6 is 0 Å². The standard InChI is InChI=1S/C7H13NO2/c1-4-5-8-6-7(9-2)10-3/h1,7-8H,5-6H2,2-3H3. The van der Waals surface area contributed by atoms with Gasteiger partial charge in [0.05, 0.1) is 6.54 Å². The average molecular weight is 143 g/mol. The zero-order valence-electron chi connectivity index (χ0n) is 6.39. The first-order valence-corrected chi connectivity index (χ1v) is 3.05. The third-order valence-corrected chi connectivity index (χ3v) is 1.06. The second-order valence-corrected chi connectivity index (χ2v) is 1.74. The minimum Gasteiger partial charge on any atom is -0.355 e. The maximum Gasteiger partial charge on any atom is 0.169 e. The van der Waals surface area contributed by atoms with Gasteiger partial charge in [-0.2, -0.15) is 0 Å². The molecule has 0 atom stereocenters. The predicted molar refractivity (Wildman–Crippen MR) is 39.5 cm³/mol. The van der Waals surface area contributed by atoms with E-state index in [-0.39, 0.29) is 6.29 Å². The van der Waals surface area contributed by atoms with Crippen molar-refractivity contribution in [3.8, 4) is 12.3 Å². The molecule has 3 heteroatoms. The van der Waals surface area contributed by atoms with Gasteiger partial charge in [-0.15, -0.1) is 6.42 Å². The maximum absolute atomic E-state index is 5.00.